The highest BCUT2D eigenvalue weighted by atomic mass is 19.1. The topological polar surface area (TPSA) is 96.1 Å². The molecule has 0 spiro atoms. The van der Waals surface area contributed by atoms with Crippen LogP contribution in [0.3, 0.4) is 0 Å². The number of anilines is 1. The molecule has 1 saturated carbocycles. The lowest BCUT2D eigenvalue weighted by Gasteiger charge is -2.44. The largest absolute Gasteiger partial charge is 0.490 e. The molecule has 3 heterocycles. The highest BCUT2D eigenvalue weighted by molar-refractivity contribution is 5.96. The van der Waals surface area contributed by atoms with Crippen LogP contribution >= 0.6 is 0 Å². The molecule has 1 aromatic carbocycles. The van der Waals surface area contributed by atoms with Crippen molar-refractivity contribution in [2.75, 3.05) is 51.0 Å². The molecular weight excluding hydrogens is 515 g/mol. The fourth-order valence-corrected chi connectivity index (χ4v) is 6.08. The van der Waals surface area contributed by atoms with E-state index in [1.807, 2.05) is 31.7 Å². The van der Waals surface area contributed by atoms with Gasteiger partial charge in [-0.05, 0) is 51.3 Å². The van der Waals surface area contributed by atoms with Crippen molar-refractivity contribution in [2.45, 2.75) is 71.2 Å². The average molecular weight is 557 g/mol. The SMILES string of the molecule is CCN(c1cc(OC2CC(N3CCOCC3)C2)cc(C(=O)NCc2c(C)cc(C)[nH]c2=O)c1F)C1CCOCC1. The van der Waals surface area contributed by atoms with Crippen LogP contribution in [0.1, 0.15) is 59.8 Å². The van der Waals surface area contributed by atoms with Crippen LogP contribution in [0.2, 0.25) is 0 Å². The third-order valence-corrected chi connectivity index (χ3v) is 8.41. The Bertz CT molecular complexity index is 1250. The number of carbonyl (C=O) groups is 1. The third kappa shape index (κ3) is 6.34. The number of nitrogens with zero attached hydrogens (tertiary/aromatic N) is 2. The lowest BCUT2D eigenvalue weighted by atomic mass is 9.87. The number of aromatic amines is 1. The van der Waals surface area contributed by atoms with E-state index in [9.17, 15) is 9.59 Å². The summed E-state index contributed by atoms with van der Waals surface area (Å²) < 4.78 is 33.4. The minimum atomic E-state index is -0.577. The fraction of sp³-hybridized carbons (Fsp3) is 0.600. The molecule has 1 amide bonds. The molecule has 0 radical (unpaired) electrons. The van der Waals surface area contributed by atoms with Gasteiger partial charge < -0.3 is 29.4 Å². The number of aromatic nitrogens is 1. The minimum absolute atomic E-state index is 0.00144. The molecule has 0 bridgehead atoms. The smallest absolute Gasteiger partial charge is 0.254 e. The number of amides is 1. The summed E-state index contributed by atoms with van der Waals surface area (Å²) in [4.78, 5) is 33.1. The van der Waals surface area contributed by atoms with Crippen LogP contribution in [0.4, 0.5) is 10.1 Å². The number of aryl methyl sites for hydroxylation is 2. The number of ether oxygens (including phenoxy) is 3. The summed E-state index contributed by atoms with van der Waals surface area (Å²) in [5.41, 5.74) is 2.00. The Morgan fingerprint density at radius 1 is 1.12 bits per heavy atom. The van der Waals surface area contributed by atoms with Crippen LogP contribution in [0.5, 0.6) is 5.75 Å². The number of halogens is 1. The summed E-state index contributed by atoms with van der Waals surface area (Å²) >= 11 is 0. The van der Waals surface area contributed by atoms with Crippen molar-refractivity contribution < 1.29 is 23.4 Å². The van der Waals surface area contributed by atoms with Gasteiger partial charge in [-0.2, -0.15) is 0 Å². The molecule has 5 rings (SSSR count). The number of pyridine rings is 1. The number of rotatable bonds is 9. The number of benzene rings is 1. The van der Waals surface area contributed by atoms with E-state index < -0.39 is 11.7 Å². The standard InChI is InChI=1S/C30H41FN4O5/c1-4-35(21-5-9-38-10-6-21)27-17-24(40-23-14-22(15-23)34-7-11-39-12-8-34)16-25(28(27)31)29(36)32-18-26-19(2)13-20(3)33-30(26)37/h13,16-17,21-23H,4-12,14-15,18H2,1-3H3,(H,32,36)(H,33,37). The van der Waals surface area contributed by atoms with Crippen molar-refractivity contribution in [1.29, 1.82) is 0 Å². The monoisotopic (exact) mass is 556 g/mol. The van der Waals surface area contributed by atoms with Crippen molar-refractivity contribution in [3.63, 3.8) is 0 Å². The number of hydrogen-bond acceptors (Lipinski definition) is 7. The van der Waals surface area contributed by atoms with Crippen molar-refractivity contribution in [2.24, 2.45) is 0 Å². The van der Waals surface area contributed by atoms with Crippen molar-refractivity contribution in [3.8, 4) is 5.75 Å². The molecular formula is C30H41FN4O5. The molecule has 218 valence electrons. The maximum Gasteiger partial charge on any atom is 0.254 e. The van der Waals surface area contributed by atoms with Gasteiger partial charge in [0.1, 0.15) is 11.9 Å². The molecule has 10 heteroatoms. The van der Waals surface area contributed by atoms with Crippen molar-refractivity contribution in [3.05, 3.63) is 56.8 Å². The molecule has 40 heavy (non-hydrogen) atoms. The highest BCUT2D eigenvalue weighted by Crippen LogP contribution is 2.35. The van der Waals surface area contributed by atoms with Gasteiger partial charge in [0.25, 0.3) is 11.5 Å². The van der Waals surface area contributed by atoms with E-state index in [1.54, 1.807) is 6.07 Å². The Morgan fingerprint density at radius 3 is 2.50 bits per heavy atom. The van der Waals surface area contributed by atoms with E-state index in [4.69, 9.17) is 14.2 Å². The quantitative estimate of drug-likeness (QED) is 0.489. The number of morpholine rings is 1. The molecule has 2 saturated heterocycles. The first-order valence-corrected chi connectivity index (χ1v) is 14.5. The van der Waals surface area contributed by atoms with Crippen LogP contribution in [-0.2, 0) is 16.0 Å². The molecule has 0 atom stereocenters. The molecule has 1 aliphatic carbocycles. The van der Waals surface area contributed by atoms with E-state index in [2.05, 4.69) is 15.2 Å². The average Bonchev–Trinajstić information content (AvgIpc) is 2.92. The van der Waals surface area contributed by atoms with Gasteiger partial charge in [0.05, 0.1) is 24.5 Å². The summed E-state index contributed by atoms with van der Waals surface area (Å²) in [6.07, 6.45) is 3.37. The van der Waals surface area contributed by atoms with E-state index in [-0.39, 0.29) is 29.8 Å². The summed E-state index contributed by atoms with van der Waals surface area (Å²) in [5, 5.41) is 2.77. The second kappa shape index (κ2) is 12.7. The minimum Gasteiger partial charge on any atom is -0.490 e. The number of H-pyrrole nitrogens is 1. The zero-order chi connectivity index (χ0) is 28.2. The summed E-state index contributed by atoms with van der Waals surface area (Å²) in [7, 11) is 0. The van der Waals surface area contributed by atoms with Gasteiger partial charge in [-0.15, -0.1) is 0 Å². The number of hydrogen-bond donors (Lipinski definition) is 2. The lowest BCUT2D eigenvalue weighted by Crippen LogP contribution is -2.52. The normalized spacial score (nSPS) is 22.0. The second-order valence-electron chi connectivity index (χ2n) is 11.1. The fourth-order valence-electron chi connectivity index (χ4n) is 6.08. The first kappa shape index (κ1) is 28.6. The van der Waals surface area contributed by atoms with Crippen LogP contribution in [0.25, 0.3) is 0 Å². The van der Waals surface area contributed by atoms with Gasteiger partial charge in [-0.1, -0.05) is 0 Å². The van der Waals surface area contributed by atoms with Gasteiger partial charge in [0.2, 0.25) is 0 Å². The zero-order valence-electron chi connectivity index (χ0n) is 23.8. The molecule has 0 unspecified atom stereocenters. The van der Waals surface area contributed by atoms with Crippen molar-refractivity contribution >= 4 is 11.6 Å². The molecule has 1 aromatic heterocycles. The molecule has 9 nitrogen and oxygen atoms in total. The highest BCUT2D eigenvalue weighted by Gasteiger charge is 2.36. The first-order chi connectivity index (χ1) is 19.3. The molecule has 2 aliphatic heterocycles. The van der Waals surface area contributed by atoms with E-state index >= 15 is 4.39 Å². The van der Waals surface area contributed by atoms with Crippen molar-refractivity contribution in [1.82, 2.24) is 15.2 Å². The number of nitrogens with one attached hydrogen (secondary N) is 2. The van der Waals surface area contributed by atoms with E-state index in [0.29, 0.717) is 42.8 Å². The summed E-state index contributed by atoms with van der Waals surface area (Å²) in [5.74, 6) is -0.666. The zero-order valence-corrected chi connectivity index (χ0v) is 23.8. The Hall–Kier alpha value is -2.95. The van der Waals surface area contributed by atoms with E-state index in [1.165, 1.54) is 6.07 Å². The predicted molar refractivity (Wildman–Crippen MR) is 151 cm³/mol. The molecule has 3 fully saturated rings. The van der Waals surface area contributed by atoms with Crippen LogP contribution in [-0.4, -0.2) is 80.0 Å². The molecule has 3 aliphatic rings. The predicted octanol–water partition coefficient (Wildman–Crippen LogP) is 3.31. The van der Waals surface area contributed by atoms with Crippen LogP contribution in [0, 0.1) is 19.7 Å². The Kier molecular flexibility index (Phi) is 9.07. The van der Waals surface area contributed by atoms with E-state index in [0.717, 1.165) is 63.2 Å². The van der Waals surface area contributed by atoms with Gasteiger partial charge >= 0.3 is 0 Å². The Labute approximate surface area is 235 Å². The molecule has 2 N–H and O–H groups in total. The third-order valence-electron chi connectivity index (χ3n) is 8.41. The summed E-state index contributed by atoms with van der Waals surface area (Å²) in [6.45, 7) is 10.9. The van der Waals surface area contributed by atoms with Gasteiger partial charge in [-0.3, -0.25) is 14.5 Å². The van der Waals surface area contributed by atoms with Crippen LogP contribution < -0.4 is 20.5 Å². The van der Waals surface area contributed by atoms with Crippen LogP contribution in [0.15, 0.2) is 23.0 Å². The lowest BCUT2D eigenvalue weighted by molar-refractivity contribution is -0.0373. The van der Waals surface area contributed by atoms with Gasteiger partial charge in [0.15, 0.2) is 5.82 Å². The second-order valence-corrected chi connectivity index (χ2v) is 11.1. The maximum absolute atomic E-state index is 16.1. The number of carbonyl (C=O) groups excluding carboxylic acids is 1. The Balaban J connectivity index is 1.37. The molecule has 2 aromatic rings. The maximum atomic E-state index is 16.1. The van der Waals surface area contributed by atoms with Gasteiger partial charge in [0, 0.05) is 81.6 Å². The van der Waals surface area contributed by atoms with Gasteiger partial charge in [-0.25, -0.2) is 4.39 Å². The summed E-state index contributed by atoms with van der Waals surface area (Å²) in [6, 6.07) is 5.66. The first-order valence-electron chi connectivity index (χ1n) is 14.5. The Morgan fingerprint density at radius 2 is 1.82 bits per heavy atom.